The summed E-state index contributed by atoms with van der Waals surface area (Å²) in [6, 6.07) is 3.21. The van der Waals surface area contributed by atoms with Crippen molar-refractivity contribution in [3.8, 4) is 5.75 Å². The Kier molecular flexibility index (Phi) is 5.74. The Morgan fingerprint density at radius 3 is 2.73 bits per heavy atom. The van der Waals surface area contributed by atoms with Gasteiger partial charge in [0, 0.05) is 19.1 Å². The second-order valence-corrected chi connectivity index (χ2v) is 4.86. The lowest BCUT2D eigenvalue weighted by Gasteiger charge is -2.31. The Labute approximate surface area is 127 Å². The first-order valence-electron chi connectivity index (χ1n) is 7.17. The summed E-state index contributed by atoms with van der Waals surface area (Å²) >= 11 is 0. The third kappa shape index (κ3) is 4.71. The van der Waals surface area contributed by atoms with E-state index in [9.17, 15) is 13.6 Å². The molecule has 2 rings (SSSR count). The first kappa shape index (κ1) is 16.3. The monoisotopic (exact) mass is 315 g/mol. The number of alkyl halides is 2. The van der Waals surface area contributed by atoms with E-state index in [2.05, 4.69) is 15.0 Å². The number of nitrogens with zero attached hydrogens (tertiary/aromatic N) is 2. The van der Waals surface area contributed by atoms with Crippen LogP contribution in [-0.4, -0.2) is 48.3 Å². The maximum absolute atomic E-state index is 12.0. The molecule has 1 N–H and O–H groups in total. The maximum atomic E-state index is 12.0. The van der Waals surface area contributed by atoms with Gasteiger partial charge in [0.15, 0.2) is 0 Å². The average Bonchev–Trinajstić information content (AvgIpc) is 2.50. The van der Waals surface area contributed by atoms with Crippen LogP contribution in [0.5, 0.6) is 5.75 Å². The number of nitrogens with one attached hydrogen (secondary N) is 1. The van der Waals surface area contributed by atoms with Crippen molar-refractivity contribution in [1.82, 2.24) is 9.88 Å². The Morgan fingerprint density at radius 2 is 2.18 bits per heavy atom. The zero-order valence-corrected chi connectivity index (χ0v) is 12.3. The van der Waals surface area contributed by atoms with Crippen LogP contribution in [-0.2, 0) is 4.74 Å². The number of aromatic nitrogens is 1. The van der Waals surface area contributed by atoms with Gasteiger partial charge >= 0.3 is 12.7 Å². The van der Waals surface area contributed by atoms with Crippen LogP contribution in [0.2, 0.25) is 0 Å². The molecule has 0 saturated carbocycles. The van der Waals surface area contributed by atoms with Gasteiger partial charge in [0.25, 0.3) is 0 Å². The lowest BCUT2D eigenvalue weighted by atomic mass is 10.1. The largest absolute Gasteiger partial charge is 0.450 e. The van der Waals surface area contributed by atoms with E-state index in [4.69, 9.17) is 4.74 Å². The van der Waals surface area contributed by atoms with Crippen molar-refractivity contribution in [3.05, 3.63) is 18.3 Å². The highest BCUT2D eigenvalue weighted by Crippen LogP contribution is 2.18. The molecule has 1 amide bonds. The molecule has 1 saturated heterocycles. The van der Waals surface area contributed by atoms with E-state index in [1.54, 1.807) is 17.9 Å². The van der Waals surface area contributed by atoms with E-state index in [0.717, 1.165) is 12.8 Å². The van der Waals surface area contributed by atoms with Crippen LogP contribution in [0.25, 0.3) is 0 Å². The first-order valence-corrected chi connectivity index (χ1v) is 7.17. The van der Waals surface area contributed by atoms with E-state index in [1.807, 2.05) is 0 Å². The molecule has 0 aliphatic carbocycles. The molecule has 1 fully saturated rings. The molecule has 1 aliphatic rings. The van der Waals surface area contributed by atoms with Crippen LogP contribution in [0.3, 0.4) is 0 Å². The highest BCUT2D eigenvalue weighted by atomic mass is 19.3. The van der Waals surface area contributed by atoms with E-state index in [1.165, 1.54) is 12.3 Å². The number of halogens is 2. The maximum Gasteiger partial charge on any atom is 0.409 e. The third-order valence-electron chi connectivity index (χ3n) is 3.33. The van der Waals surface area contributed by atoms with Crippen molar-refractivity contribution in [2.24, 2.45) is 0 Å². The summed E-state index contributed by atoms with van der Waals surface area (Å²) in [5.41, 5.74) is 0. The Bertz CT molecular complexity index is 477. The Balaban J connectivity index is 1.79. The summed E-state index contributed by atoms with van der Waals surface area (Å²) < 4.78 is 33.3. The van der Waals surface area contributed by atoms with Crippen LogP contribution in [0.1, 0.15) is 19.8 Å². The van der Waals surface area contributed by atoms with Crippen LogP contribution in [0.4, 0.5) is 19.4 Å². The molecule has 122 valence electrons. The smallest absolute Gasteiger partial charge is 0.409 e. The number of likely N-dealkylation sites (tertiary alicyclic amines) is 1. The number of pyridine rings is 1. The normalized spacial score (nSPS) is 15.7. The fraction of sp³-hybridized carbons (Fsp3) is 0.571. The zero-order valence-electron chi connectivity index (χ0n) is 12.3. The predicted molar refractivity (Wildman–Crippen MR) is 76.1 cm³/mol. The van der Waals surface area contributed by atoms with E-state index >= 15 is 0 Å². The average molecular weight is 315 g/mol. The molecule has 0 spiro atoms. The van der Waals surface area contributed by atoms with Crippen molar-refractivity contribution >= 4 is 11.9 Å². The van der Waals surface area contributed by atoms with E-state index in [-0.39, 0.29) is 17.9 Å². The van der Waals surface area contributed by atoms with Gasteiger partial charge in [-0.05, 0) is 31.9 Å². The molecule has 0 atom stereocenters. The summed E-state index contributed by atoms with van der Waals surface area (Å²) in [5, 5.41) is 3.22. The number of amides is 1. The van der Waals surface area contributed by atoms with Crippen LogP contribution < -0.4 is 10.1 Å². The van der Waals surface area contributed by atoms with Gasteiger partial charge in [0.05, 0.1) is 12.8 Å². The van der Waals surface area contributed by atoms with Crippen molar-refractivity contribution < 1.29 is 23.0 Å². The minimum atomic E-state index is -2.85. The summed E-state index contributed by atoms with van der Waals surface area (Å²) in [7, 11) is 0. The fourth-order valence-electron chi connectivity index (χ4n) is 2.27. The first-order chi connectivity index (χ1) is 10.6. The topological polar surface area (TPSA) is 63.7 Å². The lowest BCUT2D eigenvalue weighted by Crippen LogP contribution is -2.42. The number of ether oxygens (including phenoxy) is 2. The minimum Gasteiger partial charge on any atom is -0.450 e. The van der Waals surface area contributed by atoms with Gasteiger partial charge in [0.1, 0.15) is 11.6 Å². The molecule has 1 aromatic heterocycles. The fourth-order valence-corrected chi connectivity index (χ4v) is 2.27. The van der Waals surface area contributed by atoms with Gasteiger partial charge < -0.3 is 19.7 Å². The second-order valence-electron chi connectivity index (χ2n) is 4.86. The quantitative estimate of drug-likeness (QED) is 0.905. The molecular formula is C14H19F2N3O3. The number of piperidine rings is 1. The number of rotatable bonds is 5. The molecular weight excluding hydrogens is 296 g/mol. The van der Waals surface area contributed by atoms with Crippen LogP contribution >= 0.6 is 0 Å². The van der Waals surface area contributed by atoms with E-state index in [0.29, 0.717) is 25.5 Å². The second kappa shape index (κ2) is 7.77. The molecule has 8 heteroatoms. The molecule has 1 aromatic rings. The minimum absolute atomic E-state index is 0.0256. The number of carbonyl (C=O) groups is 1. The summed E-state index contributed by atoms with van der Waals surface area (Å²) in [6.45, 7) is 0.521. The summed E-state index contributed by atoms with van der Waals surface area (Å²) in [4.78, 5) is 17.3. The number of hydrogen-bond donors (Lipinski definition) is 1. The number of anilines is 1. The Morgan fingerprint density at radius 1 is 1.45 bits per heavy atom. The number of hydrogen-bond acceptors (Lipinski definition) is 5. The van der Waals surface area contributed by atoms with Gasteiger partial charge in [-0.25, -0.2) is 9.78 Å². The molecule has 0 radical (unpaired) electrons. The summed E-state index contributed by atoms with van der Waals surface area (Å²) in [6.07, 6.45) is 2.51. The highest BCUT2D eigenvalue weighted by molar-refractivity contribution is 5.67. The van der Waals surface area contributed by atoms with E-state index < -0.39 is 6.61 Å². The molecule has 0 aromatic carbocycles. The molecule has 2 heterocycles. The van der Waals surface area contributed by atoms with Crippen LogP contribution in [0.15, 0.2) is 18.3 Å². The Hall–Kier alpha value is -2.12. The van der Waals surface area contributed by atoms with Crippen molar-refractivity contribution in [1.29, 1.82) is 0 Å². The zero-order chi connectivity index (χ0) is 15.9. The summed E-state index contributed by atoms with van der Waals surface area (Å²) in [5.74, 6) is 0.619. The van der Waals surface area contributed by atoms with Gasteiger partial charge in [-0.3, -0.25) is 0 Å². The van der Waals surface area contributed by atoms with Crippen LogP contribution in [0, 0.1) is 0 Å². The third-order valence-corrected chi connectivity index (χ3v) is 3.33. The number of carbonyl (C=O) groups excluding carboxylic acids is 1. The van der Waals surface area contributed by atoms with Crippen molar-refractivity contribution in [3.63, 3.8) is 0 Å². The predicted octanol–water partition coefficient (Wildman–Crippen LogP) is 2.72. The standard InChI is InChI=1S/C14H19F2N3O3/c1-2-21-14(20)19-7-5-10(6-8-19)18-12-4-3-11(9-17-12)22-13(15)16/h3-4,9-10,13H,2,5-8H2,1H3,(H,17,18). The lowest BCUT2D eigenvalue weighted by molar-refractivity contribution is -0.0500. The molecule has 22 heavy (non-hydrogen) atoms. The van der Waals surface area contributed by atoms with Gasteiger partial charge in [-0.1, -0.05) is 0 Å². The van der Waals surface area contributed by atoms with Crippen molar-refractivity contribution in [2.75, 3.05) is 25.0 Å². The molecule has 0 bridgehead atoms. The van der Waals surface area contributed by atoms with Crippen molar-refractivity contribution in [2.45, 2.75) is 32.4 Å². The molecule has 6 nitrogen and oxygen atoms in total. The molecule has 1 aliphatic heterocycles. The van der Waals surface area contributed by atoms with Gasteiger partial charge in [0.2, 0.25) is 0 Å². The SMILES string of the molecule is CCOC(=O)N1CCC(Nc2ccc(OC(F)F)cn2)CC1. The van der Waals surface area contributed by atoms with Gasteiger partial charge in [-0.15, -0.1) is 0 Å². The molecule has 0 unspecified atom stereocenters. The van der Waals surface area contributed by atoms with Gasteiger partial charge in [-0.2, -0.15) is 8.78 Å². The highest BCUT2D eigenvalue weighted by Gasteiger charge is 2.23.